The third-order valence-corrected chi connectivity index (χ3v) is 6.83. The Bertz CT molecular complexity index is 1040. The number of aldehydes is 2. The van der Waals surface area contributed by atoms with Gasteiger partial charge in [0.1, 0.15) is 19.1 Å². The predicted molar refractivity (Wildman–Crippen MR) is 135 cm³/mol. The minimum absolute atomic E-state index is 0.0209. The fourth-order valence-corrected chi connectivity index (χ4v) is 3.91. The molecule has 0 spiro atoms. The van der Waals surface area contributed by atoms with E-state index in [1.807, 2.05) is 20.8 Å². The Kier molecular flexibility index (Phi) is 9.74. The second-order valence-electron chi connectivity index (χ2n) is 9.51. The van der Waals surface area contributed by atoms with Crippen molar-refractivity contribution in [3.8, 4) is 0 Å². The molecule has 3 amide bonds. The molecule has 2 atom stereocenters. The molecule has 11 heteroatoms. The number of hydrogen-bond acceptors (Lipinski definition) is 8. The van der Waals surface area contributed by atoms with E-state index in [1.165, 1.54) is 23.2 Å². The number of benzene rings is 1. The van der Waals surface area contributed by atoms with E-state index in [1.54, 1.807) is 18.2 Å². The van der Waals surface area contributed by atoms with Crippen molar-refractivity contribution in [3.63, 3.8) is 0 Å². The first-order valence-corrected chi connectivity index (χ1v) is 11.8. The van der Waals surface area contributed by atoms with Crippen molar-refractivity contribution in [2.45, 2.75) is 52.6 Å². The highest BCUT2D eigenvalue weighted by Gasteiger charge is 2.34. The highest BCUT2D eigenvalue weighted by Crippen LogP contribution is 2.34. The maximum absolute atomic E-state index is 12.9. The van der Waals surface area contributed by atoms with Gasteiger partial charge in [-0.1, -0.05) is 26.8 Å². The monoisotopic (exact) mass is 500 g/mol. The molecule has 2 rings (SSSR count). The van der Waals surface area contributed by atoms with E-state index in [2.05, 4.69) is 10.6 Å². The number of rotatable bonds is 13. The number of nitrogens with two attached hydrogens (primary N) is 2. The van der Waals surface area contributed by atoms with Crippen LogP contribution in [0.2, 0.25) is 0 Å². The number of carbonyl (C=O) groups excluding carboxylic acids is 5. The van der Waals surface area contributed by atoms with Gasteiger partial charge in [0.15, 0.2) is 0 Å². The van der Waals surface area contributed by atoms with Gasteiger partial charge in [0.05, 0.1) is 6.04 Å². The third-order valence-electron chi connectivity index (χ3n) is 6.83. The van der Waals surface area contributed by atoms with Crippen molar-refractivity contribution < 1.29 is 24.0 Å². The zero-order valence-electron chi connectivity index (χ0n) is 21.2. The van der Waals surface area contributed by atoms with Crippen molar-refractivity contribution in [2.75, 3.05) is 18.9 Å². The van der Waals surface area contributed by atoms with E-state index < -0.39 is 17.4 Å². The van der Waals surface area contributed by atoms with Crippen LogP contribution in [0.5, 0.6) is 0 Å². The Balaban J connectivity index is 2.10. The number of fused-ring (bicyclic) bond motifs is 1. The topological polar surface area (TPSA) is 168 Å². The molecule has 1 heterocycles. The molecule has 11 nitrogen and oxygen atoms in total. The smallest absolute Gasteiger partial charge is 0.255 e. The second-order valence-corrected chi connectivity index (χ2v) is 9.51. The molecule has 196 valence electrons. The quantitative estimate of drug-likeness (QED) is 0.176. The summed E-state index contributed by atoms with van der Waals surface area (Å²) in [6.07, 6.45) is 3.63. The van der Waals surface area contributed by atoms with Crippen LogP contribution >= 0.6 is 0 Å². The van der Waals surface area contributed by atoms with Gasteiger partial charge in [-0.2, -0.15) is 0 Å². The van der Waals surface area contributed by atoms with E-state index in [9.17, 15) is 24.0 Å². The Hall–Kier alpha value is -3.73. The summed E-state index contributed by atoms with van der Waals surface area (Å²) in [4.78, 5) is 61.1. The summed E-state index contributed by atoms with van der Waals surface area (Å²) in [6.45, 7) is 5.64. The number of amides is 3. The summed E-state index contributed by atoms with van der Waals surface area (Å²) >= 11 is 0. The molecule has 1 aromatic rings. The van der Waals surface area contributed by atoms with E-state index >= 15 is 0 Å². The molecule has 2 unspecified atom stereocenters. The van der Waals surface area contributed by atoms with Crippen LogP contribution in [-0.4, -0.2) is 59.8 Å². The van der Waals surface area contributed by atoms with Crippen molar-refractivity contribution in [2.24, 2.45) is 22.9 Å². The number of hydrogen-bond donors (Lipinski definition) is 4. The summed E-state index contributed by atoms with van der Waals surface area (Å²) in [7, 11) is 1.51. The minimum atomic E-state index is -0.761. The zero-order chi connectivity index (χ0) is 27.0. The number of nitrogens with zero attached hydrogens (tertiary/aromatic N) is 2. The van der Waals surface area contributed by atoms with Gasteiger partial charge in [0, 0.05) is 60.6 Å². The molecule has 6 N–H and O–H groups in total. The first kappa shape index (κ1) is 28.5. The first-order valence-electron chi connectivity index (χ1n) is 11.8. The van der Waals surface area contributed by atoms with E-state index in [0.29, 0.717) is 35.2 Å². The molecule has 0 saturated carbocycles. The van der Waals surface area contributed by atoms with Crippen molar-refractivity contribution in [3.05, 3.63) is 41.2 Å². The SMILES string of the molecule is CNC(=O)CCC(C=O)N1Cc2c(NC(=O)CN(N)/C=C(\N)C(C)(C)C(C)CC=O)cccc2C1=O. The molecular formula is C25H36N6O5. The number of nitrogens with one attached hydrogen (secondary N) is 2. The fourth-order valence-electron chi connectivity index (χ4n) is 3.91. The maximum Gasteiger partial charge on any atom is 0.255 e. The normalized spacial score (nSPS) is 15.1. The highest BCUT2D eigenvalue weighted by molar-refractivity contribution is 6.03. The highest BCUT2D eigenvalue weighted by atomic mass is 16.2. The lowest BCUT2D eigenvalue weighted by atomic mass is 9.76. The van der Waals surface area contributed by atoms with Gasteiger partial charge in [0.25, 0.3) is 5.91 Å². The summed E-state index contributed by atoms with van der Waals surface area (Å²) in [5, 5.41) is 6.44. The standard InChI is InChI=1S/C25H36N6O5/c1-16(10-11-32)25(2,3)21(26)13-30(27)14-23(35)29-20-7-5-6-18-19(20)12-31(24(18)36)17(15-33)8-9-22(34)28-4/h5-7,11,13,15-17H,8-10,12,14,26-27H2,1-4H3,(H,28,34)(H,29,35)/b21-13-. The summed E-state index contributed by atoms with van der Waals surface area (Å²) in [6, 6.07) is 4.19. The molecule has 0 radical (unpaired) electrons. The lowest BCUT2D eigenvalue weighted by Gasteiger charge is -2.32. The maximum atomic E-state index is 12.9. The summed E-state index contributed by atoms with van der Waals surface area (Å²) in [5.74, 6) is 4.99. The van der Waals surface area contributed by atoms with Gasteiger partial charge in [-0.15, -0.1) is 0 Å². The molecule has 0 saturated heterocycles. The van der Waals surface area contributed by atoms with Gasteiger partial charge in [-0.05, 0) is 24.5 Å². The molecule has 0 aromatic heterocycles. The Morgan fingerprint density at radius 2 is 1.94 bits per heavy atom. The van der Waals surface area contributed by atoms with Gasteiger partial charge in [-0.3, -0.25) is 14.4 Å². The van der Waals surface area contributed by atoms with Gasteiger partial charge < -0.3 is 35.9 Å². The molecule has 1 aliphatic rings. The molecule has 1 aliphatic heterocycles. The van der Waals surface area contributed by atoms with Crippen LogP contribution < -0.4 is 22.2 Å². The zero-order valence-corrected chi connectivity index (χ0v) is 21.2. The summed E-state index contributed by atoms with van der Waals surface area (Å²) < 4.78 is 0. The number of anilines is 1. The van der Waals surface area contributed by atoms with Crippen LogP contribution in [-0.2, 0) is 25.7 Å². The average Bonchev–Trinajstić information content (AvgIpc) is 3.16. The predicted octanol–water partition coefficient (Wildman–Crippen LogP) is 0.902. The molecule has 36 heavy (non-hydrogen) atoms. The van der Waals surface area contributed by atoms with Crippen LogP contribution in [0.4, 0.5) is 5.69 Å². The molecule has 1 aromatic carbocycles. The number of hydrazine groups is 1. The Labute approximate surface area is 211 Å². The average molecular weight is 501 g/mol. The van der Waals surface area contributed by atoms with Crippen molar-refractivity contribution >= 4 is 36.0 Å². The largest absolute Gasteiger partial charge is 0.400 e. The van der Waals surface area contributed by atoms with Crippen LogP contribution in [0, 0.1) is 11.3 Å². The van der Waals surface area contributed by atoms with E-state index in [4.69, 9.17) is 11.6 Å². The fraction of sp³-hybridized carbons (Fsp3) is 0.480. The van der Waals surface area contributed by atoms with Crippen molar-refractivity contribution in [1.82, 2.24) is 15.2 Å². The lowest BCUT2D eigenvalue weighted by Crippen LogP contribution is -2.38. The second kappa shape index (κ2) is 12.3. The molecule has 0 bridgehead atoms. The Morgan fingerprint density at radius 3 is 2.56 bits per heavy atom. The van der Waals surface area contributed by atoms with Gasteiger partial charge >= 0.3 is 0 Å². The Morgan fingerprint density at radius 1 is 1.25 bits per heavy atom. The van der Waals surface area contributed by atoms with E-state index in [-0.39, 0.29) is 43.7 Å². The van der Waals surface area contributed by atoms with Gasteiger partial charge in [0.2, 0.25) is 11.8 Å². The first-order chi connectivity index (χ1) is 17.0. The number of allylic oxidation sites excluding steroid dienone is 1. The lowest BCUT2D eigenvalue weighted by molar-refractivity contribution is -0.121. The summed E-state index contributed by atoms with van der Waals surface area (Å²) in [5.41, 5.74) is 7.55. The van der Waals surface area contributed by atoms with Gasteiger partial charge in [-0.25, -0.2) is 5.84 Å². The number of carbonyl (C=O) groups is 5. The third kappa shape index (κ3) is 6.69. The van der Waals surface area contributed by atoms with E-state index in [0.717, 1.165) is 6.29 Å². The minimum Gasteiger partial charge on any atom is -0.400 e. The van der Waals surface area contributed by atoms with Crippen LogP contribution in [0.3, 0.4) is 0 Å². The van der Waals surface area contributed by atoms with Crippen LogP contribution in [0.25, 0.3) is 0 Å². The van der Waals surface area contributed by atoms with Crippen LogP contribution in [0.15, 0.2) is 30.1 Å². The molecular weight excluding hydrogens is 464 g/mol. The van der Waals surface area contributed by atoms with Crippen molar-refractivity contribution in [1.29, 1.82) is 0 Å². The molecule has 0 fully saturated rings. The molecule has 0 aliphatic carbocycles. The van der Waals surface area contributed by atoms with Crippen LogP contribution in [0.1, 0.15) is 56.0 Å².